The second-order valence-corrected chi connectivity index (χ2v) is 1.45. The van der Waals surface area contributed by atoms with E-state index in [4.69, 9.17) is 32.8 Å². The van der Waals surface area contributed by atoms with Crippen LogP contribution in [0.2, 0.25) is 0 Å². The Bertz CT molecular complexity index is 161. The topological polar surface area (TPSA) is 146 Å². The summed E-state index contributed by atoms with van der Waals surface area (Å²) in [4.78, 5) is 8.25. The Balaban J connectivity index is -0.0000000383. The normalized spacial score (nSPS) is 7.45. The third kappa shape index (κ3) is 264. The average molecular weight is 285 g/mol. The van der Waals surface area contributed by atoms with Gasteiger partial charge in [-0.15, -0.1) is 0 Å². The fraction of sp³-hybridized carbons (Fsp3) is 0. The first kappa shape index (κ1) is 23.2. The van der Waals surface area contributed by atoms with Crippen molar-refractivity contribution in [1.82, 2.24) is 0 Å². The summed E-state index contributed by atoms with van der Waals surface area (Å²) in [6.07, 6.45) is 0. The molecule has 0 fully saturated rings. The van der Waals surface area contributed by atoms with Crippen LogP contribution in [0.1, 0.15) is 0 Å². The molecular formula is KNO7SSr. The van der Waals surface area contributed by atoms with Gasteiger partial charge in [-0.25, -0.2) is 0 Å². The Labute approximate surface area is 142 Å². The van der Waals surface area contributed by atoms with Crippen molar-refractivity contribution < 1.29 is 74.0 Å². The minimum atomic E-state index is -5.17. The van der Waals surface area contributed by atoms with E-state index in [-0.39, 0.29) is 96.9 Å². The molecule has 0 saturated heterocycles. The molecule has 0 saturated carbocycles. The number of hydrogen-bond acceptors (Lipinski definition) is 7. The molecule has 0 atom stereocenters. The number of hydrogen-bond donors (Lipinski definition) is 0. The molecule has 0 aliphatic rings. The summed E-state index contributed by atoms with van der Waals surface area (Å²) in [5.74, 6) is 0. The van der Waals surface area contributed by atoms with Crippen LogP contribution in [0.3, 0.4) is 0 Å². The van der Waals surface area contributed by atoms with Crippen LogP contribution in [-0.2, 0) is 10.4 Å². The SMILES string of the molecule is O=S(=O)([O-])[O-].O=[N+]([O-])[O-].[K+].[Sr+2]. The standard InChI is InChI=1S/K.NO3.H2O4S.Sr/c;2-1(3)4;1-5(2,3)4;/h;;(H2,1,2,3,4);/q+1;-1;;+2/p-2. The van der Waals surface area contributed by atoms with Gasteiger partial charge in [0.05, 0.1) is 5.09 Å². The molecule has 0 aromatic rings. The number of rotatable bonds is 0. The Morgan fingerprint density at radius 1 is 1.09 bits per heavy atom. The van der Waals surface area contributed by atoms with Crippen molar-refractivity contribution in [2.45, 2.75) is 0 Å². The molecule has 0 rings (SSSR count). The van der Waals surface area contributed by atoms with Crippen LogP contribution in [0.25, 0.3) is 0 Å². The molecule has 0 spiro atoms. The van der Waals surface area contributed by atoms with Crippen LogP contribution in [0, 0.1) is 15.3 Å². The molecule has 11 heteroatoms. The van der Waals surface area contributed by atoms with Crippen LogP contribution >= 0.6 is 0 Å². The third-order valence-electron chi connectivity index (χ3n) is 0. The van der Waals surface area contributed by atoms with Crippen molar-refractivity contribution in [3.8, 4) is 0 Å². The van der Waals surface area contributed by atoms with Gasteiger partial charge in [-0.05, 0) is 0 Å². The quantitative estimate of drug-likeness (QED) is 0.142. The molecule has 0 amide bonds. The van der Waals surface area contributed by atoms with E-state index in [1.54, 1.807) is 0 Å². The van der Waals surface area contributed by atoms with Crippen molar-refractivity contribution in [2.24, 2.45) is 0 Å². The largest absolute Gasteiger partial charge is 2.00 e. The second kappa shape index (κ2) is 12.2. The Hall–Kier alpha value is 2.19. The third-order valence-corrected chi connectivity index (χ3v) is 0. The fourth-order valence-corrected chi connectivity index (χ4v) is 0. The van der Waals surface area contributed by atoms with Crippen LogP contribution in [0.15, 0.2) is 0 Å². The van der Waals surface area contributed by atoms with Crippen LogP contribution < -0.4 is 51.4 Å². The first-order chi connectivity index (χ1) is 3.73. The molecule has 56 valence electrons. The van der Waals surface area contributed by atoms with Gasteiger partial charge in [0.1, 0.15) is 0 Å². The second-order valence-electron chi connectivity index (χ2n) is 0.632. The predicted octanol–water partition coefficient (Wildman–Crippen LogP) is -4.95. The summed E-state index contributed by atoms with van der Waals surface area (Å²) in [7, 11) is -5.17. The maximum absolute atomic E-state index is 8.52. The molecule has 0 heterocycles. The maximum Gasteiger partial charge on any atom is 2.00 e. The van der Waals surface area contributed by atoms with Gasteiger partial charge in [-0.3, -0.25) is 8.42 Å². The molecule has 0 aliphatic heterocycles. The Morgan fingerprint density at radius 3 is 1.09 bits per heavy atom. The van der Waals surface area contributed by atoms with Crippen LogP contribution in [0.4, 0.5) is 0 Å². The van der Waals surface area contributed by atoms with Crippen molar-refractivity contribution in [1.29, 1.82) is 0 Å². The molecule has 0 radical (unpaired) electrons. The van der Waals surface area contributed by atoms with E-state index in [2.05, 4.69) is 0 Å². The molecule has 8 nitrogen and oxygen atoms in total. The average Bonchev–Trinajstić information content (AvgIpc) is 1.19. The minimum absolute atomic E-state index is 0. The molecule has 0 aromatic heterocycles. The summed E-state index contributed by atoms with van der Waals surface area (Å²) in [6.45, 7) is 0. The van der Waals surface area contributed by atoms with Crippen molar-refractivity contribution in [3.05, 3.63) is 15.3 Å². The van der Waals surface area contributed by atoms with Crippen molar-refractivity contribution >= 4 is 55.9 Å². The van der Waals surface area contributed by atoms with Gasteiger partial charge in [0, 0.05) is 10.4 Å². The molecular weight excluding hydrogens is 285 g/mol. The van der Waals surface area contributed by atoms with E-state index in [1.165, 1.54) is 0 Å². The minimum Gasteiger partial charge on any atom is -0.759 e. The van der Waals surface area contributed by atoms with Gasteiger partial charge < -0.3 is 24.4 Å². The van der Waals surface area contributed by atoms with Gasteiger partial charge in [-0.2, -0.15) is 0 Å². The summed E-state index contributed by atoms with van der Waals surface area (Å²) in [5.41, 5.74) is 0. The molecule has 0 bridgehead atoms. The predicted molar refractivity (Wildman–Crippen MR) is 26.6 cm³/mol. The number of nitrogens with zero attached hydrogens (tertiary/aromatic N) is 1. The van der Waals surface area contributed by atoms with Crippen molar-refractivity contribution in [3.63, 3.8) is 0 Å². The summed E-state index contributed by atoms with van der Waals surface area (Å²) < 4.78 is 34.1. The van der Waals surface area contributed by atoms with E-state index in [9.17, 15) is 0 Å². The smallest absolute Gasteiger partial charge is 0.759 e. The van der Waals surface area contributed by atoms with E-state index in [0.717, 1.165) is 0 Å². The van der Waals surface area contributed by atoms with Crippen molar-refractivity contribution in [2.75, 3.05) is 0 Å². The zero-order chi connectivity index (χ0) is 8.08. The molecule has 0 unspecified atom stereocenters. The van der Waals surface area contributed by atoms with Gasteiger partial charge in [-0.1, -0.05) is 0 Å². The van der Waals surface area contributed by atoms with Crippen LogP contribution in [-0.4, -0.2) is 68.1 Å². The fourth-order valence-electron chi connectivity index (χ4n) is 0. The zero-order valence-corrected chi connectivity index (χ0v) is 12.8. The monoisotopic (exact) mass is 285 g/mol. The van der Waals surface area contributed by atoms with E-state index in [1.807, 2.05) is 0 Å². The molecule has 0 aliphatic carbocycles. The Morgan fingerprint density at radius 2 is 1.09 bits per heavy atom. The first-order valence-corrected chi connectivity index (χ1v) is 2.55. The van der Waals surface area contributed by atoms with E-state index in [0.29, 0.717) is 0 Å². The molecule has 0 aromatic carbocycles. The first-order valence-electron chi connectivity index (χ1n) is 1.21. The van der Waals surface area contributed by atoms with Gasteiger partial charge in [0.25, 0.3) is 0 Å². The summed E-state index contributed by atoms with van der Waals surface area (Å²) >= 11 is 0. The zero-order valence-electron chi connectivity index (χ0n) is 5.42. The Kier molecular flexibility index (Phi) is 25.7. The van der Waals surface area contributed by atoms with Gasteiger partial charge >= 0.3 is 96.9 Å². The van der Waals surface area contributed by atoms with E-state index < -0.39 is 15.5 Å². The maximum atomic E-state index is 8.52. The molecule has 11 heavy (non-hydrogen) atoms. The van der Waals surface area contributed by atoms with Gasteiger partial charge in [0.15, 0.2) is 0 Å². The summed E-state index contributed by atoms with van der Waals surface area (Å²) in [5, 5.41) is 14.8. The summed E-state index contributed by atoms with van der Waals surface area (Å²) in [6, 6.07) is 0. The van der Waals surface area contributed by atoms with E-state index >= 15 is 0 Å². The molecule has 0 N–H and O–H groups in total. The van der Waals surface area contributed by atoms with Crippen LogP contribution in [0.5, 0.6) is 0 Å². The van der Waals surface area contributed by atoms with Gasteiger partial charge in [0.2, 0.25) is 0 Å².